The van der Waals surface area contributed by atoms with E-state index in [4.69, 9.17) is 18.9 Å². The molecule has 0 saturated heterocycles. The van der Waals surface area contributed by atoms with Crippen LogP contribution in [0.4, 0.5) is 22.7 Å². The fraction of sp³-hybridized carbons (Fsp3) is 0.103. The maximum Gasteiger partial charge on any atom is 0.258 e. The highest BCUT2D eigenvalue weighted by Gasteiger charge is 2.34. The molecule has 0 saturated carbocycles. The lowest BCUT2D eigenvalue weighted by Gasteiger charge is -2.25. The van der Waals surface area contributed by atoms with E-state index in [1.165, 1.54) is 77.0 Å². The molecule has 0 spiro atoms. The lowest BCUT2D eigenvalue weighted by Crippen LogP contribution is -2.30. The van der Waals surface area contributed by atoms with Crippen LogP contribution in [-0.4, -0.2) is 75.7 Å². The minimum Gasteiger partial charge on any atom is -0.495 e. The van der Waals surface area contributed by atoms with Crippen LogP contribution >= 0.6 is 0 Å². The molecule has 0 aromatic heterocycles. The number of hydrogen-bond donors (Lipinski definition) is 0. The van der Waals surface area contributed by atoms with Crippen molar-refractivity contribution in [3.05, 3.63) is 203 Å². The number of carbonyl (C=O) groups is 8. The highest BCUT2D eigenvalue weighted by atomic mass is 16.5. The molecule has 6 aromatic rings. The number of anilines is 4. The largest absolute Gasteiger partial charge is 0.495 e. The van der Waals surface area contributed by atoms with Gasteiger partial charge in [-0.3, -0.25) is 38.4 Å². The van der Waals surface area contributed by atoms with E-state index in [0.717, 1.165) is 64.1 Å². The molecule has 4 heterocycles. The highest BCUT2D eigenvalue weighted by Crippen LogP contribution is 2.44. The Kier molecular flexibility index (Phi) is 12.5. The maximum absolute atomic E-state index is 12.7. The van der Waals surface area contributed by atoms with Crippen LogP contribution in [0.25, 0.3) is 11.1 Å². The van der Waals surface area contributed by atoms with Gasteiger partial charge in [0.25, 0.3) is 47.3 Å². The quantitative estimate of drug-likeness (QED) is 0.0731. The van der Waals surface area contributed by atoms with Gasteiger partial charge in [-0.05, 0) is 93.0 Å². The van der Waals surface area contributed by atoms with Crippen molar-refractivity contribution in [1.29, 1.82) is 0 Å². The summed E-state index contributed by atoms with van der Waals surface area (Å²) in [6.45, 7) is 0. The van der Waals surface area contributed by atoms with Gasteiger partial charge < -0.3 is 18.9 Å². The topological polar surface area (TPSA) is 186 Å². The Morgan fingerprint density at radius 3 is 0.649 bits per heavy atom. The van der Waals surface area contributed by atoms with Crippen molar-refractivity contribution in [1.82, 2.24) is 0 Å². The first-order valence-electron chi connectivity index (χ1n) is 23.0. The van der Waals surface area contributed by atoms with Crippen molar-refractivity contribution in [3.63, 3.8) is 0 Å². The van der Waals surface area contributed by atoms with Gasteiger partial charge in [0, 0.05) is 60.4 Å². The molecule has 0 bridgehead atoms. The molecule has 4 aliphatic heterocycles. The van der Waals surface area contributed by atoms with Gasteiger partial charge in [0.2, 0.25) is 0 Å². The van der Waals surface area contributed by atoms with Crippen molar-refractivity contribution in [3.8, 4) is 34.1 Å². The third kappa shape index (κ3) is 8.38. The minimum absolute atomic E-state index is 0.273. The van der Waals surface area contributed by atoms with Crippen LogP contribution in [0.15, 0.2) is 170 Å². The Morgan fingerprint density at radius 2 is 0.459 bits per heavy atom. The van der Waals surface area contributed by atoms with E-state index in [0.29, 0.717) is 0 Å². The molecule has 16 nitrogen and oxygen atoms in total. The lowest BCUT2D eigenvalue weighted by atomic mass is 9.83. The fourth-order valence-corrected chi connectivity index (χ4v) is 9.68. The first-order chi connectivity index (χ1) is 35.8. The summed E-state index contributed by atoms with van der Waals surface area (Å²) in [7, 11) is 5.81. The third-order valence-electron chi connectivity index (χ3n) is 13.2. The van der Waals surface area contributed by atoms with E-state index in [9.17, 15) is 38.4 Å². The predicted molar refractivity (Wildman–Crippen MR) is 272 cm³/mol. The second-order valence-corrected chi connectivity index (χ2v) is 17.2. The molecule has 0 unspecified atom stereocenters. The molecule has 0 N–H and O–H groups in total. The van der Waals surface area contributed by atoms with Crippen LogP contribution in [0.2, 0.25) is 0 Å². The van der Waals surface area contributed by atoms with Crippen LogP contribution < -0.4 is 38.5 Å². The van der Waals surface area contributed by atoms with Crippen molar-refractivity contribution < 1.29 is 57.3 Å². The average molecular weight is 987 g/mol. The van der Waals surface area contributed by atoms with Gasteiger partial charge in [-0.2, -0.15) is 0 Å². The summed E-state index contributed by atoms with van der Waals surface area (Å²) in [4.78, 5) is 106. The van der Waals surface area contributed by atoms with Gasteiger partial charge in [-0.25, -0.2) is 19.6 Å². The van der Waals surface area contributed by atoms with Crippen molar-refractivity contribution >= 4 is 70.0 Å². The number of methoxy groups -OCH3 is 4. The second-order valence-electron chi connectivity index (χ2n) is 17.2. The number of benzene rings is 6. The summed E-state index contributed by atoms with van der Waals surface area (Å²) in [6, 6.07) is 36.7. The van der Waals surface area contributed by atoms with E-state index >= 15 is 0 Å². The standard InChI is InChI=1S/C58H42N4O12/c1-71-45-29-37(13-17-41(45)59-49(63)21-22-50(59)64)57(38-14-18-42(46(30-38)72-2)60-51(65)23-24-52(60)66)35-9-5-33(6-10-35)34-7-11-36(12-8-34)58(39-15-19-43(47(31-39)73-3)61-53(67)25-26-54(61)68)40-16-20-44(48(32-40)74-4)62-55(69)27-28-56(62)70/h5-32,57-58H,1-4H3. The predicted octanol–water partition coefficient (Wildman–Crippen LogP) is 7.47. The number of hydrogen-bond acceptors (Lipinski definition) is 12. The summed E-state index contributed by atoms with van der Waals surface area (Å²) < 4.78 is 23.1. The molecule has 0 atom stereocenters. The molecule has 6 aromatic carbocycles. The van der Waals surface area contributed by atoms with Gasteiger partial charge in [0.1, 0.15) is 23.0 Å². The number of nitrogens with zero attached hydrogens (tertiary/aromatic N) is 4. The monoisotopic (exact) mass is 986 g/mol. The molecule has 16 heteroatoms. The molecular formula is C58H42N4O12. The third-order valence-corrected chi connectivity index (χ3v) is 13.2. The minimum atomic E-state index is -0.507. The van der Waals surface area contributed by atoms with E-state index < -0.39 is 59.1 Å². The summed E-state index contributed by atoms with van der Waals surface area (Å²) in [5, 5.41) is 0. The number of ether oxygens (including phenoxy) is 4. The Morgan fingerprint density at radius 1 is 0.270 bits per heavy atom. The van der Waals surface area contributed by atoms with Gasteiger partial charge in [-0.15, -0.1) is 0 Å². The SMILES string of the molecule is COc1cc(C(c2ccc(-c3ccc(C(c4ccc(N5C(=O)C=CC5=O)c(OC)c4)c4ccc(N5C(=O)C=CC5=O)c(OC)c4)cc3)cc2)c2ccc(N3C(=O)C=CC3=O)c(OC)c2)ccc1N1C(=O)C=CC1=O. The second kappa shape index (κ2) is 19.3. The van der Waals surface area contributed by atoms with Crippen LogP contribution in [0, 0.1) is 0 Å². The average Bonchev–Trinajstić information content (AvgIpc) is 4.16. The Balaban J connectivity index is 1.02. The lowest BCUT2D eigenvalue weighted by molar-refractivity contribution is -0.121. The van der Waals surface area contributed by atoms with Crippen LogP contribution in [0.3, 0.4) is 0 Å². The molecule has 10 rings (SSSR count). The summed E-state index contributed by atoms with van der Waals surface area (Å²) in [6.07, 6.45) is 9.58. The van der Waals surface area contributed by atoms with Crippen molar-refractivity contribution in [2.45, 2.75) is 11.8 Å². The molecular weight excluding hydrogens is 945 g/mol. The molecule has 8 amide bonds. The Bertz CT molecular complexity index is 3050. The zero-order valence-electron chi connectivity index (χ0n) is 40.0. The zero-order chi connectivity index (χ0) is 51.9. The first-order valence-corrected chi connectivity index (χ1v) is 23.0. The van der Waals surface area contributed by atoms with E-state index in [2.05, 4.69) is 0 Å². The molecule has 74 heavy (non-hydrogen) atoms. The first kappa shape index (κ1) is 47.7. The Hall–Kier alpha value is -9.96. The van der Waals surface area contributed by atoms with Crippen LogP contribution in [0.1, 0.15) is 45.2 Å². The number of amides is 8. The van der Waals surface area contributed by atoms with E-state index in [1.54, 1.807) is 72.8 Å². The van der Waals surface area contributed by atoms with Gasteiger partial charge >= 0.3 is 0 Å². The maximum atomic E-state index is 12.7. The van der Waals surface area contributed by atoms with Crippen LogP contribution in [0.5, 0.6) is 23.0 Å². The van der Waals surface area contributed by atoms with Gasteiger partial charge in [-0.1, -0.05) is 72.8 Å². The molecule has 0 aliphatic carbocycles. The summed E-state index contributed by atoms with van der Waals surface area (Å²) in [5.41, 5.74) is 7.40. The summed E-state index contributed by atoms with van der Waals surface area (Å²) >= 11 is 0. The zero-order valence-corrected chi connectivity index (χ0v) is 40.0. The molecule has 0 radical (unpaired) electrons. The number of carbonyl (C=O) groups excluding carboxylic acids is 8. The molecule has 4 aliphatic rings. The van der Waals surface area contributed by atoms with Crippen molar-refractivity contribution in [2.24, 2.45) is 0 Å². The van der Waals surface area contributed by atoms with Gasteiger partial charge in [0.05, 0.1) is 51.2 Å². The Labute approximate surface area is 423 Å². The summed E-state index contributed by atoms with van der Waals surface area (Å²) in [5.74, 6) is -3.88. The molecule has 366 valence electrons. The smallest absolute Gasteiger partial charge is 0.258 e. The van der Waals surface area contributed by atoms with E-state index in [1.807, 2.05) is 48.5 Å². The normalized spacial score (nSPS) is 15.2. The highest BCUT2D eigenvalue weighted by molar-refractivity contribution is 6.31. The molecule has 0 fully saturated rings. The van der Waals surface area contributed by atoms with Crippen molar-refractivity contribution in [2.75, 3.05) is 48.0 Å². The van der Waals surface area contributed by atoms with Gasteiger partial charge in [0.15, 0.2) is 0 Å². The number of imide groups is 4. The fourth-order valence-electron chi connectivity index (χ4n) is 9.68. The van der Waals surface area contributed by atoms with E-state index in [-0.39, 0.29) is 45.7 Å². The van der Waals surface area contributed by atoms with Crippen LogP contribution in [-0.2, 0) is 38.4 Å². The number of rotatable bonds is 15.